The first-order chi connectivity index (χ1) is 15.0. The Kier molecular flexibility index (Phi) is 8.96. The van der Waals surface area contributed by atoms with Crippen molar-refractivity contribution in [1.82, 2.24) is 20.1 Å². The largest absolute Gasteiger partial charge is 0.616 e. The Labute approximate surface area is 186 Å². The Morgan fingerprint density at radius 1 is 1.35 bits per heavy atom. The molecule has 0 aliphatic carbocycles. The molecule has 1 aliphatic rings. The van der Waals surface area contributed by atoms with Crippen LogP contribution in [0, 0.1) is 0 Å². The van der Waals surface area contributed by atoms with Crippen molar-refractivity contribution in [2.75, 3.05) is 45.5 Å². The maximum absolute atomic E-state index is 12.0. The van der Waals surface area contributed by atoms with Gasteiger partial charge in [-0.25, -0.2) is 0 Å². The van der Waals surface area contributed by atoms with Crippen molar-refractivity contribution in [2.45, 2.75) is 18.7 Å². The fourth-order valence-electron chi connectivity index (χ4n) is 3.29. The van der Waals surface area contributed by atoms with Gasteiger partial charge in [0, 0.05) is 51.0 Å². The number of allylic oxidation sites excluding steroid dienone is 1. The van der Waals surface area contributed by atoms with Gasteiger partial charge in [0.25, 0.3) is 5.91 Å². The molecule has 9 heteroatoms. The highest BCUT2D eigenvalue weighted by atomic mass is 32.2. The Bertz CT molecular complexity index is 851. The fraction of sp³-hybridized carbons (Fsp3) is 0.455. The van der Waals surface area contributed by atoms with Crippen molar-refractivity contribution < 1.29 is 18.9 Å². The molecule has 0 spiro atoms. The summed E-state index contributed by atoms with van der Waals surface area (Å²) in [4.78, 5) is 21.0. The number of furan rings is 1. The number of aliphatic hydroxyl groups is 1. The van der Waals surface area contributed by atoms with E-state index < -0.39 is 11.2 Å². The van der Waals surface area contributed by atoms with E-state index >= 15 is 0 Å². The smallest absolute Gasteiger partial charge is 0.270 e. The van der Waals surface area contributed by atoms with Crippen LogP contribution in [0.2, 0.25) is 0 Å². The van der Waals surface area contributed by atoms with E-state index in [0.29, 0.717) is 12.2 Å². The van der Waals surface area contributed by atoms with Crippen LogP contribution in [0.3, 0.4) is 0 Å². The Balaban J connectivity index is 1.40. The van der Waals surface area contributed by atoms with Gasteiger partial charge in [0.15, 0.2) is 17.3 Å². The summed E-state index contributed by atoms with van der Waals surface area (Å²) in [6.07, 6.45) is 5.42. The minimum atomic E-state index is -1.36. The van der Waals surface area contributed by atoms with Crippen molar-refractivity contribution in [2.24, 2.45) is 0 Å². The van der Waals surface area contributed by atoms with E-state index in [2.05, 4.69) is 33.2 Å². The number of amides is 1. The second kappa shape index (κ2) is 11.9. The standard InChI is InChI=1S/C22H30N4O4S/c1-25-8-10-26(11-9-25)15-18-6-7-23-19(13-18)4-5-20(27)14-24-22(28)17-31(29)16-21-3-2-12-30-21/h2-3,5-7,12-13,27H,4,8-11,14-17H2,1H3,(H,24,28)/b20-5-. The molecule has 1 unspecified atom stereocenters. The van der Waals surface area contributed by atoms with Gasteiger partial charge < -0.3 is 24.3 Å². The van der Waals surface area contributed by atoms with E-state index in [9.17, 15) is 14.5 Å². The molecular weight excluding hydrogens is 416 g/mol. The van der Waals surface area contributed by atoms with Crippen LogP contribution in [-0.4, -0.2) is 75.9 Å². The molecule has 1 amide bonds. The lowest BCUT2D eigenvalue weighted by Gasteiger charge is -2.32. The molecule has 3 rings (SSSR count). The van der Waals surface area contributed by atoms with Crippen molar-refractivity contribution >= 4 is 17.1 Å². The number of aromatic nitrogens is 1. The number of rotatable bonds is 10. The van der Waals surface area contributed by atoms with Gasteiger partial charge >= 0.3 is 0 Å². The molecule has 168 valence electrons. The number of aliphatic hydroxyl groups excluding tert-OH is 1. The average Bonchev–Trinajstić information content (AvgIpc) is 3.25. The molecule has 0 bridgehead atoms. The number of hydrogen-bond acceptors (Lipinski definition) is 7. The van der Waals surface area contributed by atoms with Gasteiger partial charge in [-0.3, -0.25) is 14.7 Å². The van der Waals surface area contributed by atoms with Gasteiger partial charge in [0.2, 0.25) is 0 Å². The van der Waals surface area contributed by atoms with Crippen LogP contribution in [-0.2, 0) is 34.7 Å². The maximum atomic E-state index is 12.0. The van der Waals surface area contributed by atoms with Gasteiger partial charge in [0.05, 0.1) is 12.8 Å². The van der Waals surface area contributed by atoms with Gasteiger partial charge in [-0.1, -0.05) is 0 Å². The van der Waals surface area contributed by atoms with Crippen molar-refractivity contribution in [3.05, 3.63) is 65.6 Å². The predicted molar refractivity (Wildman–Crippen MR) is 120 cm³/mol. The second-order valence-electron chi connectivity index (χ2n) is 7.72. The number of carbonyl (C=O) groups excluding carboxylic acids is 1. The van der Waals surface area contributed by atoms with Crippen LogP contribution < -0.4 is 5.32 Å². The third-order valence-corrected chi connectivity index (χ3v) is 6.26. The number of pyridine rings is 1. The molecule has 1 saturated heterocycles. The first kappa shape index (κ1) is 23.3. The number of nitrogens with zero attached hydrogens (tertiary/aromatic N) is 3. The monoisotopic (exact) mass is 446 g/mol. The summed E-state index contributed by atoms with van der Waals surface area (Å²) in [5.41, 5.74) is 2.07. The molecule has 2 aromatic rings. The highest BCUT2D eigenvalue weighted by Gasteiger charge is 2.16. The van der Waals surface area contributed by atoms with Gasteiger partial charge in [-0.2, -0.15) is 0 Å². The van der Waals surface area contributed by atoms with Crippen LogP contribution in [0.25, 0.3) is 0 Å². The van der Waals surface area contributed by atoms with Crippen LogP contribution >= 0.6 is 0 Å². The zero-order valence-corrected chi connectivity index (χ0v) is 18.6. The predicted octanol–water partition coefficient (Wildman–Crippen LogP) is 1.47. The molecule has 0 aromatic carbocycles. The summed E-state index contributed by atoms with van der Waals surface area (Å²) < 4.78 is 17.1. The summed E-state index contributed by atoms with van der Waals surface area (Å²) in [7, 11) is 2.14. The van der Waals surface area contributed by atoms with Gasteiger partial charge in [-0.05, 0) is 54.1 Å². The average molecular weight is 447 g/mol. The molecule has 3 heterocycles. The van der Waals surface area contributed by atoms with E-state index in [1.165, 1.54) is 11.8 Å². The second-order valence-corrected chi connectivity index (χ2v) is 9.18. The number of likely N-dealkylation sites (N-methyl/N-ethyl adjacent to an activating group) is 1. The Morgan fingerprint density at radius 3 is 2.90 bits per heavy atom. The maximum Gasteiger partial charge on any atom is 0.270 e. The fourth-order valence-corrected chi connectivity index (χ4v) is 4.27. The summed E-state index contributed by atoms with van der Waals surface area (Å²) in [6.45, 7) is 5.16. The highest BCUT2D eigenvalue weighted by Crippen LogP contribution is 2.10. The number of hydrogen-bond donors (Lipinski definition) is 2. The molecule has 1 atom stereocenters. The third kappa shape index (κ3) is 8.37. The van der Waals surface area contributed by atoms with Gasteiger partial charge in [-0.15, -0.1) is 0 Å². The van der Waals surface area contributed by atoms with Crippen LogP contribution in [0.15, 0.2) is 53.0 Å². The van der Waals surface area contributed by atoms with E-state index in [1.54, 1.807) is 24.4 Å². The van der Waals surface area contributed by atoms with Crippen LogP contribution in [0.5, 0.6) is 0 Å². The van der Waals surface area contributed by atoms with Crippen molar-refractivity contribution in [3.8, 4) is 0 Å². The van der Waals surface area contributed by atoms with Crippen LogP contribution in [0.4, 0.5) is 0 Å². The summed E-state index contributed by atoms with van der Waals surface area (Å²) >= 11 is -1.36. The normalized spacial score (nSPS) is 16.9. The van der Waals surface area contributed by atoms with Crippen LogP contribution in [0.1, 0.15) is 17.0 Å². The zero-order chi connectivity index (χ0) is 22.1. The topological polar surface area (TPSA) is 105 Å². The lowest BCUT2D eigenvalue weighted by Crippen LogP contribution is -2.43. The van der Waals surface area contributed by atoms with E-state index in [4.69, 9.17) is 4.42 Å². The van der Waals surface area contributed by atoms with E-state index in [0.717, 1.165) is 38.4 Å². The SMILES string of the molecule is CN1CCN(Cc2ccnc(C/C=C(\O)CNC(=O)C[S+]([O-])Cc3ccco3)c2)CC1. The highest BCUT2D eigenvalue weighted by molar-refractivity contribution is 7.91. The number of nitrogens with one attached hydrogen (secondary N) is 1. The molecule has 0 radical (unpaired) electrons. The van der Waals surface area contributed by atoms with Crippen molar-refractivity contribution in [3.63, 3.8) is 0 Å². The molecular formula is C22H30N4O4S. The molecule has 2 N–H and O–H groups in total. The molecule has 1 aliphatic heterocycles. The quantitative estimate of drug-likeness (QED) is 0.421. The molecule has 0 saturated carbocycles. The molecule has 2 aromatic heterocycles. The minimum Gasteiger partial charge on any atom is -0.616 e. The van der Waals surface area contributed by atoms with E-state index in [1.807, 2.05) is 6.07 Å². The van der Waals surface area contributed by atoms with Gasteiger partial charge in [0.1, 0.15) is 5.76 Å². The number of carbonyl (C=O) groups is 1. The lowest BCUT2D eigenvalue weighted by atomic mass is 10.1. The zero-order valence-electron chi connectivity index (χ0n) is 17.8. The molecule has 1 fully saturated rings. The Hall–Kier alpha value is -2.33. The molecule has 8 nitrogen and oxygen atoms in total. The molecule has 31 heavy (non-hydrogen) atoms. The number of piperazine rings is 1. The van der Waals surface area contributed by atoms with E-state index in [-0.39, 0.29) is 29.7 Å². The first-order valence-electron chi connectivity index (χ1n) is 10.3. The van der Waals surface area contributed by atoms with Crippen molar-refractivity contribution in [1.29, 1.82) is 0 Å². The summed E-state index contributed by atoms with van der Waals surface area (Å²) in [5, 5.41) is 12.7. The lowest BCUT2D eigenvalue weighted by molar-refractivity contribution is -0.118. The summed E-state index contributed by atoms with van der Waals surface area (Å²) in [5.74, 6) is 0.312. The third-order valence-electron chi connectivity index (χ3n) is 5.07. The summed E-state index contributed by atoms with van der Waals surface area (Å²) in [6, 6.07) is 7.51. The Morgan fingerprint density at radius 2 is 2.16 bits per heavy atom. The minimum absolute atomic E-state index is 0.00221. The first-order valence-corrected chi connectivity index (χ1v) is 11.8.